The molecule has 5 nitrogen and oxygen atoms in total. The molecule has 0 bridgehead atoms. The molecule has 0 saturated heterocycles. The van der Waals surface area contributed by atoms with Gasteiger partial charge in [-0.15, -0.1) is 0 Å². The molecular weight excluding hydrogens is 218 g/mol. The van der Waals surface area contributed by atoms with Gasteiger partial charge in [-0.05, 0) is 30.7 Å². The lowest BCUT2D eigenvalue weighted by Crippen LogP contribution is -2.09. The number of aryl methyl sites for hydroxylation is 1. The van der Waals surface area contributed by atoms with Crippen LogP contribution in [0.3, 0.4) is 0 Å². The fourth-order valence-corrected chi connectivity index (χ4v) is 1.59. The fraction of sp³-hybridized carbons (Fsp3) is 0.0833. The minimum atomic E-state index is -0.515. The Bertz CT molecular complexity index is 587. The minimum Gasteiger partial charge on any atom is -0.366 e. The van der Waals surface area contributed by atoms with Crippen molar-refractivity contribution in [3.8, 4) is 5.69 Å². The number of benzene rings is 1. The SMILES string of the molecule is Cc1cc(C=O)ccc1-n1cc(C(N)=O)cn1. The van der Waals surface area contributed by atoms with Gasteiger partial charge in [0.25, 0.3) is 5.91 Å². The lowest BCUT2D eigenvalue weighted by atomic mass is 10.1. The molecule has 0 aliphatic carbocycles. The van der Waals surface area contributed by atoms with Crippen LogP contribution in [-0.4, -0.2) is 22.0 Å². The number of hydrogen-bond acceptors (Lipinski definition) is 3. The monoisotopic (exact) mass is 229 g/mol. The van der Waals surface area contributed by atoms with E-state index in [9.17, 15) is 9.59 Å². The van der Waals surface area contributed by atoms with Crippen molar-refractivity contribution in [2.75, 3.05) is 0 Å². The van der Waals surface area contributed by atoms with Crippen LogP contribution in [0.1, 0.15) is 26.3 Å². The van der Waals surface area contributed by atoms with Crippen molar-refractivity contribution in [3.63, 3.8) is 0 Å². The molecule has 0 saturated carbocycles. The highest BCUT2D eigenvalue weighted by Crippen LogP contribution is 2.15. The van der Waals surface area contributed by atoms with Gasteiger partial charge in [-0.25, -0.2) is 4.68 Å². The number of aldehydes is 1. The predicted molar refractivity (Wildman–Crippen MR) is 62.2 cm³/mol. The first-order chi connectivity index (χ1) is 8.11. The van der Waals surface area contributed by atoms with Gasteiger partial charge in [0, 0.05) is 11.8 Å². The molecule has 0 unspecified atom stereocenters. The van der Waals surface area contributed by atoms with Crippen LogP contribution in [0.15, 0.2) is 30.6 Å². The third kappa shape index (κ3) is 2.08. The van der Waals surface area contributed by atoms with Gasteiger partial charge < -0.3 is 5.73 Å². The average Bonchev–Trinajstić information content (AvgIpc) is 2.78. The number of primary amides is 1. The molecule has 0 radical (unpaired) electrons. The molecule has 1 aromatic heterocycles. The van der Waals surface area contributed by atoms with Crippen molar-refractivity contribution in [2.45, 2.75) is 6.92 Å². The van der Waals surface area contributed by atoms with E-state index >= 15 is 0 Å². The number of carbonyl (C=O) groups excluding carboxylic acids is 2. The van der Waals surface area contributed by atoms with E-state index in [2.05, 4.69) is 5.10 Å². The van der Waals surface area contributed by atoms with Crippen LogP contribution in [0.4, 0.5) is 0 Å². The largest absolute Gasteiger partial charge is 0.366 e. The van der Waals surface area contributed by atoms with Gasteiger partial charge in [-0.2, -0.15) is 5.10 Å². The molecule has 0 aliphatic rings. The second kappa shape index (κ2) is 4.21. The molecule has 86 valence electrons. The van der Waals surface area contributed by atoms with Gasteiger partial charge >= 0.3 is 0 Å². The molecule has 2 N–H and O–H groups in total. The van der Waals surface area contributed by atoms with E-state index in [-0.39, 0.29) is 0 Å². The maximum atomic E-state index is 11.0. The topological polar surface area (TPSA) is 78.0 Å². The van der Waals surface area contributed by atoms with Crippen molar-refractivity contribution < 1.29 is 9.59 Å². The molecular formula is C12H11N3O2. The summed E-state index contributed by atoms with van der Waals surface area (Å²) in [5.74, 6) is -0.515. The van der Waals surface area contributed by atoms with Crippen LogP contribution < -0.4 is 5.73 Å². The van der Waals surface area contributed by atoms with Crippen LogP contribution in [0, 0.1) is 6.92 Å². The Morgan fingerprint density at radius 3 is 2.76 bits per heavy atom. The van der Waals surface area contributed by atoms with Gasteiger partial charge in [0.15, 0.2) is 0 Å². The zero-order valence-electron chi connectivity index (χ0n) is 9.25. The highest BCUT2D eigenvalue weighted by atomic mass is 16.1. The summed E-state index contributed by atoms with van der Waals surface area (Å²) in [6.45, 7) is 1.87. The molecule has 0 spiro atoms. The highest BCUT2D eigenvalue weighted by molar-refractivity contribution is 5.92. The maximum Gasteiger partial charge on any atom is 0.251 e. The molecule has 1 aromatic carbocycles. The maximum absolute atomic E-state index is 11.0. The first-order valence-electron chi connectivity index (χ1n) is 5.02. The molecule has 2 aromatic rings. The van der Waals surface area contributed by atoms with E-state index in [4.69, 9.17) is 5.73 Å². The van der Waals surface area contributed by atoms with Crippen LogP contribution >= 0.6 is 0 Å². The second-order valence-corrected chi connectivity index (χ2v) is 3.70. The first kappa shape index (κ1) is 11.1. The smallest absolute Gasteiger partial charge is 0.251 e. The molecule has 2 rings (SSSR count). The van der Waals surface area contributed by atoms with Crippen LogP contribution in [0.25, 0.3) is 5.69 Å². The number of hydrogen-bond donors (Lipinski definition) is 1. The summed E-state index contributed by atoms with van der Waals surface area (Å²) < 4.78 is 1.56. The molecule has 5 heteroatoms. The Kier molecular flexibility index (Phi) is 2.74. The molecule has 17 heavy (non-hydrogen) atoms. The van der Waals surface area contributed by atoms with E-state index < -0.39 is 5.91 Å². The van der Waals surface area contributed by atoms with E-state index in [1.54, 1.807) is 29.1 Å². The van der Waals surface area contributed by atoms with Gasteiger partial charge in [0.2, 0.25) is 0 Å². The number of carbonyl (C=O) groups is 2. The molecule has 0 fully saturated rings. The number of aromatic nitrogens is 2. The van der Waals surface area contributed by atoms with Crippen molar-refractivity contribution in [2.24, 2.45) is 5.73 Å². The lowest BCUT2D eigenvalue weighted by molar-refractivity contribution is 0.1000. The highest BCUT2D eigenvalue weighted by Gasteiger charge is 2.07. The fourth-order valence-electron chi connectivity index (χ4n) is 1.59. The number of nitrogens with two attached hydrogens (primary N) is 1. The summed E-state index contributed by atoms with van der Waals surface area (Å²) in [5.41, 5.74) is 7.81. The zero-order chi connectivity index (χ0) is 12.4. The predicted octanol–water partition coefficient (Wildman–Crippen LogP) is 1.09. The van der Waals surface area contributed by atoms with Gasteiger partial charge in [0.1, 0.15) is 6.29 Å². The zero-order valence-corrected chi connectivity index (χ0v) is 9.25. The van der Waals surface area contributed by atoms with Crippen molar-refractivity contribution in [1.82, 2.24) is 9.78 Å². The molecule has 1 heterocycles. The molecule has 0 atom stereocenters. The summed E-state index contributed by atoms with van der Waals surface area (Å²) in [4.78, 5) is 21.6. The normalized spacial score (nSPS) is 10.2. The van der Waals surface area contributed by atoms with Gasteiger partial charge in [-0.3, -0.25) is 9.59 Å². The molecule has 1 amide bonds. The van der Waals surface area contributed by atoms with E-state index in [1.165, 1.54) is 6.20 Å². The third-order valence-corrected chi connectivity index (χ3v) is 2.47. The van der Waals surface area contributed by atoms with Gasteiger partial charge in [-0.1, -0.05) is 0 Å². The van der Waals surface area contributed by atoms with Crippen molar-refractivity contribution >= 4 is 12.2 Å². The summed E-state index contributed by atoms with van der Waals surface area (Å²) in [6, 6.07) is 5.23. The van der Waals surface area contributed by atoms with E-state index in [1.807, 2.05) is 6.92 Å². The van der Waals surface area contributed by atoms with Crippen molar-refractivity contribution in [3.05, 3.63) is 47.3 Å². The third-order valence-electron chi connectivity index (χ3n) is 2.47. The first-order valence-corrected chi connectivity index (χ1v) is 5.02. The quantitative estimate of drug-likeness (QED) is 0.800. The molecule has 0 aliphatic heterocycles. The Morgan fingerprint density at radius 1 is 1.47 bits per heavy atom. The summed E-state index contributed by atoms with van der Waals surface area (Å²) in [5, 5.41) is 4.05. The number of amides is 1. The van der Waals surface area contributed by atoms with E-state index in [0.29, 0.717) is 11.1 Å². The Hall–Kier alpha value is -2.43. The second-order valence-electron chi connectivity index (χ2n) is 3.70. The minimum absolute atomic E-state index is 0.351. The summed E-state index contributed by atoms with van der Waals surface area (Å²) >= 11 is 0. The van der Waals surface area contributed by atoms with Crippen molar-refractivity contribution in [1.29, 1.82) is 0 Å². The Labute approximate surface area is 97.9 Å². The van der Waals surface area contributed by atoms with Crippen LogP contribution in [-0.2, 0) is 0 Å². The number of nitrogens with zero attached hydrogens (tertiary/aromatic N) is 2. The lowest BCUT2D eigenvalue weighted by Gasteiger charge is -2.05. The Balaban J connectivity index is 2.45. The Morgan fingerprint density at radius 2 is 2.24 bits per heavy atom. The summed E-state index contributed by atoms with van der Waals surface area (Å²) in [7, 11) is 0. The van der Waals surface area contributed by atoms with Gasteiger partial charge in [0.05, 0.1) is 17.4 Å². The average molecular weight is 229 g/mol. The number of rotatable bonds is 3. The van der Waals surface area contributed by atoms with E-state index in [0.717, 1.165) is 17.5 Å². The van der Waals surface area contributed by atoms with Crippen LogP contribution in [0.2, 0.25) is 0 Å². The standard InChI is InChI=1S/C12H11N3O2/c1-8-4-9(7-16)2-3-11(8)15-6-10(5-14-15)12(13)17/h2-7H,1H3,(H2,13,17). The van der Waals surface area contributed by atoms with Crippen LogP contribution in [0.5, 0.6) is 0 Å². The summed E-state index contributed by atoms with van der Waals surface area (Å²) in [6.07, 6.45) is 3.76.